The van der Waals surface area contributed by atoms with Crippen LogP contribution in [0.4, 0.5) is 5.69 Å². The van der Waals surface area contributed by atoms with Gasteiger partial charge in [-0.1, -0.05) is 36.8 Å². The van der Waals surface area contributed by atoms with Gasteiger partial charge in [0.15, 0.2) is 0 Å². The number of hydrogen-bond acceptors (Lipinski definition) is 4. The molecule has 2 aromatic rings. The van der Waals surface area contributed by atoms with Crippen molar-refractivity contribution in [3.63, 3.8) is 0 Å². The van der Waals surface area contributed by atoms with Crippen molar-refractivity contribution < 1.29 is 13.2 Å². The molecule has 0 aromatic heterocycles. The number of carbonyl (C=O) groups is 1. The molecule has 1 aliphatic rings. The summed E-state index contributed by atoms with van der Waals surface area (Å²) in [5.41, 5.74) is 2.87. The molecule has 156 valence electrons. The standard InChI is InChI=1S/C22H29N3O3S/c1-18-9-4-5-10-19(18)16-24(2)17-22(26)23-20-11-8-12-21(15-20)29(27,28)25-13-6-3-7-14-25/h4-5,8-12,15H,3,6-7,13-14,16-17H2,1-2H3,(H,23,26). The Labute approximate surface area is 173 Å². The Morgan fingerprint density at radius 3 is 2.52 bits per heavy atom. The molecule has 1 aliphatic heterocycles. The van der Waals surface area contributed by atoms with Gasteiger partial charge in [-0.05, 0) is 56.1 Å². The Hall–Kier alpha value is -2.22. The average Bonchev–Trinajstić information content (AvgIpc) is 2.70. The first-order valence-electron chi connectivity index (χ1n) is 9.99. The molecule has 0 radical (unpaired) electrons. The van der Waals surface area contributed by atoms with Crippen LogP contribution in [0.25, 0.3) is 0 Å². The van der Waals surface area contributed by atoms with Gasteiger partial charge in [0, 0.05) is 25.3 Å². The highest BCUT2D eigenvalue weighted by molar-refractivity contribution is 7.89. The molecule has 3 rings (SSSR count). The molecule has 0 saturated carbocycles. The zero-order valence-electron chi connectivity index (χ0n) is 17.1. The lowest BCUT2D eigenvalue weighted by atomic mass is 10.1. The van der Waals surface area contributed by atoms with Crippen molar-refractivity contribution in [1.29, 1.82) is 0 Å². The van der Waals surface area contributed by atoms with Crippen LogP contribution < -0.4 is 5.32 Å². The number of benzene rings is 2. The Bertz CT molecular complexity index is 953. The summed E-state index contributed by atoms with van der Waals surface area (Å²) >= 11 is 0. The Balaban J connectivity index is 1.62. The summed E-state index contributed by atoms with van der Waals surface area (Å²) in [6.07, 6.45) is 2.85. The Kier molecular flexibility index (Phi) is 7.05. The summed E-state index contributed by atoms with van der Waals surface area (Å²) in [4.78, 5) is 14.6. The lowest BCUT2D eigenvalue weighted by Gasteiger charge is -2.26. The fraction of sp³-hybridized carbons (Fsp3) is 0.409. The van der Waals surface area contributed by atoms with E-state index in [1.807, 2.05) is 24.1 Å². The predicted molar refractivity (Wildman–Crippen MR) is 115 cm³/mol. The monoisotopic (exact) mass is 415 g/mol. The maximum atomic E-state index is 12.8. The van der Waals surface area contributed by atoms with E-state index in [0.29, 0.717) is 25.3 Å². The van der Waals surface area contributed by atoms with Crippen molar-refractivity contribution in [2.24, 2.45) is 0 Å². The van der Waals surface area contributed by atoms with E-state index in [1.165, 1.54) is 15.4 Å². The number of nitrogens with zero attached hydrogens (tertiary/aromatic N) is 2. The molecule has 0 spiro atoms. The van der Waals surface area contributed by atoms with Gasteiger partial charge in [-0.15, -0.1) is 0 Å². The number of hydrogen-bond donors (Lipinski definition) is 1. The van der Waals surface area contributed by atoms with E-state index in [0.717, 1.165) is 19.3 Å². The van der Waals surface area contributed by atoms with Crippen LogP contribution in [0.5, 0.6) is 0 Å². The molecule has 29 heavy (non-hydrogen) atoms. The van der Waals surface area contributed by atoms with E-state index in [9.17, 15) is 13.2 Å². The van der Waals surface area contributed by atoms with Crippen molar-refractivity contribution in [1.82, 2.24) is 9.21 Å². The van der Waals surface area contributed by atoms with Gasteiger partial charge in [-0.3, -0.25) is 9.69 Å². The molecule has 1 N–H and O–H groups in total. The maximum Gasteiger partial charge on any atom is 0.243 e. The van der Waals surface area contributed by atoms with E-state index < -0.39 is 10.0 Å². The lowest BCUT2D eigenvalue weighted by Crippen LogP contribution is -2.35. The van der Waals surface area contributed by atoms with Crippen molar-refractivity contribution >= 4 is 21.6 Å². The summed E-state index contributed by atoms with van der Waals surface area (Å²) < 4.78 is 27.2. The van der Waals surface area contributed by atoms with Gasteiger partial charge < -0.3 is 5.32 Å². The Morgan fingerprint density at radius 1 is 1.07 bits per heavy atom. The molecule has 2 aromatic carbocycles. The van der Waals surface area contributed by atoms with Crippen molar-refractivity contribution in [3.8, 4) is 0 Å². The van der Waals surface area contributed by atoms with Gasteiger partial charge >= 0.3 is 0 Å². The molecule has 1 saturated heterocycles. The first-order chi connectivity index (χ1) is 13.9. The van der Waals surface area contributed by atoms with E-state index in [-0.39, 0.29) is 17.3 Å². The van der Waals surface area contributed by atoms with Crippen LogP contribution in [0.1, 0.15) is 30.4 Å². The third-order valence-electron chi connectivity index (χ3n) is 5.19. The van der Waals surface area contributed by atoms with Crippen molar-refractivity contribution in [3.05, 3.63) is 59.7 Å². The Morgan fingerprint density at radius 2 is 1.79 bits per heavy atom. The van der Waals surface area contributed by atoms with Crippen LogP contribution in [-0.4, -0.2) is 50.2 Å². The fourth-order valence-corrected chi connectivity index (χ4v) is 5.13. The van der Waals surface area contributed by atoms with Crippen molar-refractivity contribution in [2.75, 3.05) is 32.0 Å². The molecule has 7 heteroatoms. The molecular weight excluding hydrogens is 386 g/mol. The number of likely N-dealkylation sites (N-methyl/N-ethyl adjacent to an activating group) is 1. The van der Waals surface area contributed by atoms with Gasteiger partial charge in [0.1, 0.15) is 0 Å². The minimum Gasteiger partial charge on any atom is -0.325 e. The number of amides is 1. The maximum absolute atomic E-state index is 12.8. The van der Waals surface area contributed by atoms with Gasteiger partial charge in [0.2, 0.25) is 15.9 Å². The first kappa shape index (κ1) is 21.5. The van der Waals surface area contributed by atoms with E-state index in [1.54, 1.807) is 24.3 Å². The molecular formula is C22H29N3O3S. The number of sulfonamides is 1. The van der Waals surface area contributed by atoms with Gasteiger partial charge in [-0.2, -0.15) is 4.31 Å². The highest BCUT2D eigenvalue weighted by atomic mass is 32.2. The lowest BCUT2D eigenvalue weighted by molar-refractivity contribution is -0.117. The van der Waals surface area contributed by atoms with Crippen LogP contribution in [-0.2, 0) is 21.4 Å². The molecule has 0 atom stereocenters. The predicted octanol–water partition coefficient (Wildman–Crippen LogP) is 3.24. The van der Waals surface area contributed by atoms with Gasteiger partial charge in [0.05, 0.1) is 11.4 Å². The summed E-state index contributed by atoms with van der Waals surface area (Å²) in [5, 5.41) is 2.83. The molecule has 0 bridgehead atoms. The quantitative estimate of drug-likeness (QED) is 0.754. The van der Waals surface area contributed by atoms with Crippen LogP contribution >= 0.6 is 0 Å². The highest BCUT2D eigenvalue weighted by Crippen LogP contribution is 2.23. The summed E-state index contributed by atoms with van der Waals surface area (Å²) in [7, 11) is -1.63. The number of nitrogens with one attached hydrogen (secondary N) is 1. The number of rotatable bonds is 7. The highest BCUT2D eigenvalue weighted by Gasteiger charge is 2.26. The van der Waals surface area contributed by atoms with Gasteiger partial charge in [0.25, 0.3) is 0 Å². The van der Waals surface area contributed by atoms with Crippen LogP contribution in [0.2, 0.25) is 0 Å². The van der Waals surface area contributed by atoms with E-state index >= 15 is 0 Å². The topological polar surface area (TPSA) is 69.7 Å². The minimum absolute atomic E-state index is 0.173. The van der Waals surface area contributed by atoms with Crippen LogP contribution in [0.3, 0.4) is 0 Å². The molecule has 1 amide bonds. The second kappa shape index (κ2) is 9.52. The minimum atomic E-state index is -3.52. The third-order valence-corrected chi connectivity index (χ3v) is 7.08. The molecule has 1 fully saturated rings. The van der Waals surface area contributed by atoms with Gasteiger partial charge in [-0.25, -0.2) is 8.42 Å². The van der Waals surface area contributed by atoms with Crippen molar-refractivity contribution in [2.45, 2.75) is 37.6 Å². The smallest absolute Gasteiger partial charge is 0.243 e. The average molecular weight is 416 g/mol. The van der Waals surface area contributed by atoms with Crippen LogP contribution in [0, 0.1) is 6.92 Å². The number of piperidine rings is 1. The molecule has 6 nitrogen and oxygen atoms in total. The first-order valence-corrected chi connectivity index (χ1v) is 11.4. The van der Waals surface area contributed by atoms with Crippen LogP contribution in [0.15, 0.2) is 53.4 Å². The number of carbonyl (C=O) groups excluding carboxylic acids is 1. The number of aryl methyl sites for hydroxylation is 1. The normalized spacial score (nSPS) is 15.4. The second-order valence-electron chi connectivity index (χ2n) is 7.64. The summed E-state index contributed by atoms with van der Waals surface area (Å²) in [5.74, 6) is -0.173. The third kappa shape index (κ3) is 5.65. The molecule has 0 unspecified atom stereocenters. The molecule has 1 heterocycles. The SMILES string of the molecule is Cc1ccccc1CN(C)CC(=O)Nc1cccc(S(=O)(=O)N2CCCCC2)c1. The van der Waals surface area contributed by atoms with E-state index in [4.69, 9.17) is 0 Å². The summed E-state index contributed by atoms with van der Waals surface area (Å²) in [6.45, 7) is 4.06. The zero-order chi connectivity index (χ0) is 20.9. The second-order valence-corrected chi connectivity index (χ2v) is 9.58. The zero-order valence-corrected chi connectivity index (χ0v) is 17.9. The fourth-order valence-electron chi connectivity index (χ4n) is 3.57. The summed E-state index contributed by atoms with van der Waals surface area (Å²) in [6, 6.07) is 14.6. The van der Waals surface area contributed by atoms with E-state index in [2.05, 4.69) is 24.4 Å². The largest absolute Gasteiger partial charge is 0.325 e. The molecule has 0 aliphatic carbocycles. The number of anilines is 1.